The first kappa shape index (κ1) is 17.4. The van der Waals surface area contributed by atoms with Gasteiger partial charge in [-0.15, -0.1) is 0 Å². The van der Waals surface area contributed by atoms with Gasteiger partial charge in [0.05, 0.1) is 31.5 Å². The quantitative estimate of drug-likeness (QED) is 0.882. The molecular weight excluding hydrogens is 340 g/mol. The monoisotopic (exact) mass is 360 g/mol. The Hall–Kier alpha value is -2.40. The van der Waals surface area contributed by atoms with Crippen molar-refractivity contribution in [1.82, 2.24) is 0 Å². The first-order chi connectivity index (χ1) is 12.1. The lowest BCUT2D eigenvalue weighted by Gasteiger charge is -2.30. The van der Waals surface area contributed by atoms with E-state index in [0.29, 0.717) is 22.2 Å². The number of carbonyl (C=O) groups is 1. The van der Waals surface area contributed by atoms with E-state index in [0.717, 1.165) is 25.1 Å². The highest BCUT2D eigenvalue weighted by Crippen LogP contribution is 2.36. The van der Waals surface area contributed by atoms with Crippen LogP contribution in [0.5, 0.6) is 11.5 Å². The van der Waals surface area contributed by atoms with E-state index in [-0.39, 0.29) is 12.5 Å². The number of halogens is 1. The molecule has 5 nitrogen and oxygen atoms in total. The molecule has 2 aromatic rings. The molecule has 132 valence electrons. The van der Waals surface area contributed by atoms with E-state index in [4.69, 9.17) is 21.1 Å². The van der Waals surface area contributed by atoms with E-state index in [9.17, 15) is 4.79 Å². The average Bonchev–Trinajstić information content (AvgIpc) is 2.63. The summed E-state index contributed by atoms with van der Waals surface area (Å²) in [7, 11) is 3.07. The Balaban J connectivity index is 1.76. The number of nitrogens with one attached hydrogen (secondary N) is 1. The van der Waals surface area contributed by atoms with Gasteiger partial charge in [0.15, 0.2) is 0 Å². The first-order valence-electron chi connectivity index (χ1n) is 8.16. The molecule has 0 fully saturated rings. The number of carbonyl (C=O) groups excluding carboxylic acids is 1. The number of methoxy groups -OCH3 is 2. The predicted octanol–water partition coefficient (Wildman–Crippen LogP) is 3.75. The number of fused-ring (bicyclic) bond motifs is 1. The second-order valence-corrected chi connectivity index (χ2v) is 6.30. The van der Waals surface area contributed by atoms with Crippen molar-refractivity contribution in [3.05, 3.63) is 47.0 Å². The molecule has 0 unspecified atom stereocenters. The van der Waals surface area contributed by atoms with E-state index in [1.807, 2.05) is 12.1 Å². The lowest BCUT2D eigenvalue weighted by Crippen LogP contribution is -2.36. The van der Waals surface area contributed by atoms with Crippen molar-refractivity contribution in [2.45, 2.75) is 12.8 Å². The summed E-state index contributed by atoms with van der Waals surface area (Å²) >= 11 is 6.10. The fourth-order valence-corrected chi connectivity index (χ4v) is 3.33. The third kappa shape index (κ3) is 3.82. The van der Waals surface area contributed by atoms with Crippen molar-refractivity contribution in [2.24, 2.45) is 0 Å². The van der Waals surface area contributed by atoms with Crippen molar-refractivity contribution in [3.8, 4) is 11.5 Å². The van der Waals surface area contributed by atoms with Crippen LogP contribution in [0.15, 0.2) is 36.4 Å². The minimum absolute atomic E-state index is 0.112. The molecule has 1 N–H and O–H groups in total. The van der Waals surface area contributed by atoms with Gasteiger partial charge in [-0.25, -0.2) is 0 Å². The van der Waals surface area contributed by atoms with Gasteiger partial charge in [-0.05, 0) is 24.5 Å². The normalized spacial score (nSPS) is 13.2. The van der Waals surface area contributed by atoms with E-state index >= 15 is 0 Å². The highest BCUT2D eigenvalue weighted by atomic mass is 35.5. The van der Waals surface area contributed by atoms with Crippen LogP contribution in [0.25, 0.3) is 0 Å². The van der Waals surface area contributed by atoms with Crippen molar-refractivity contribution < 1.29 is 14.3 Å². The molecule has 0 spiro atoms. The molecule has 1 heterocycles. The van der Waals surface area contributed by atoms with Gasteiger partial charge in [0.25, 0.3) is 0 Å². The van der Waals surface area contributed by atoms with Crippen LogP contribution >= 0.6 is 11.6 Å². The van der Waals surface area contributed by atoms with Crippen molar-refractivity contribution >= 4 is 28.9 Å². The molecule has 3 rings (SSSR count). The molecule has 0 bridgehead atoms. The zero-order valence-corrected chi connectivity index (χ0v) is 15.1. The maximum absolute atomic E-state index is 12.6. The molecule has 6 heteroatoms. The summed E-state index contributed by atoms with van der Waals surface area (Å²) in [6.45, 7) is 1.15. The van der Waals surface area contributed by atoms with Crippen LogP contribution in [0.2, 0.25) is 5.02 Å². The SMILES string of the molecule is COc1cc(NC(=O)CN2CCCc3ccccc32)c(OC)cc1Cl. The Bertz CT molecular complexity index is 779. The number of aryl methyl sites for hydroxylation is 1. The maximum Gasteiger partial charge on any atom is 0.243 e. The van der Waals surface area contributed by atoms with Crippen LogP contribution in [0.4, 0.5) is 11.4 Å². The van der Waals surface area contributed by atoms with Crippen LogP contribution in [0.1, 0.15) is 12.0 Å². The van der Waals surface area contributed by atoms with Crippen LogP contribution in [-0.2, 0) is 11.2 Å². The van der Waals surface area contributed by atoms with Gasteiger partial charge < -0.3 is 19.7 Å². The Morgan fingerprint density at radius 2 is 1.96 bits per heavy atom. The zero-order valence-electron chi connectivity index (χ0n) is 14.3. The number of para-hydroxylation sites is 1. The summed E-state index contributed by atoms with van der Waals surface area (Å²) in [5.41, 5.74) is 2.95. The highest BCUT2D eigenvalue weighted by Gasteiger charge is 2.20. The number of benzene rings is 2. The minimum atomic E-state index is -0.112. The fourth-order valence-electron chi connectivity index (χ4n) is 3.10. The Kier molecular flexibility index (Phi) is 5.34. The third-order valence-corrected chi connectivity index (χ3v) is 4.58. The van der Waals surface area contributed by atoms with E-state index in [1.165, 1.54) is 19.8 Å². The number of nitrogens with zero attached hydrogens (tertiary/aromatic N) is 1. The summed E-state index contributed by atoms with van der Waals surface area (Å²) < 4.78 is 10.5. The number of hydrogen-bond acceptors (Lipinski definition) is 4. The fraction of sp³-hybridized carbons (Fsp3) is 0.316. The summed E-state index contributed by atoms with van der Waals surface area (Å²) in [5.74, 6) is 0.874. The van der Waals surface area contributed by atoms with Gasteiger partial charge in [-0.3, -0.25) is 4.79 Å². The summed E-state index contributed by atoms with van der Waals surface area (Å²) in [4.78, 5) is 14.7. The van der Waals surface area contributed by atoms with E-state index < -0.39 is 0 Å². The number of anilines is 2. The van der Waals surface area contributed by atoms with Crippen molar-refractivity contribution in [2.75, 3.05) is 37.5 Å². The molecule has 0 atom stereocenters. The predicted molar refractivity (Wildman–Crippen MR) is 100 cm³/mol. The highest BCUT2D eigenvalue weighted by molar-refractivity contribution is 6.32. The molecule has 1 aliphatic rings. The number of ether oxygens (including phenoxy) is 2. The Morgan fingerprint density at radius 1 is 1.20 bits per heavy atom. The first-order valence-corrected chi connectivity index (χ1v) is 8.54. The molecule has 2 aromatic carbocycles. The summed E-state index contributed by atoms with van der Waals surface area (Å²) in [5, 5.41) is 3.33. The maximum atomic E-state index is 12.6. The van der Waals surface area contributed by atoms with Gasteiger partial charge >= 0.3 is 0 Å². The number of hydrogen-bond donors (Lipinski definition) is 1. The molecule has 1 aliphatic heterocycles. The lowest BCUT2D eigenvalue weighted by atomic mass is 10.0. The molecule has 0 aliphatic carbocycles. The number of rotatable bonds is 5. The topological polar surface area (TPSA) is 50.8 Å². The largest absolute Gasteiger partial charge is 0.495 e. The molecule has 0 radical (unpaired) electrons. The average molecular weight is 361 g/mol. The van der Waals surface area contributed by atoms with Gasteiger partial charge in [-0.2, -0.15) is 0 Å². The summed E-state index contributed by atoms with van der Waals surface area (Å²) in [6.07, 6.45) is 2.10. The summed E-state index contributed by atoms with van der Waals surface area (Å²) in [6, 6.07) is 11.5. The lowest BCUT2D eigenvalue weighted by molar-refractivity contribution is -0.115. The van der Waals surface area contributed by atoms with Gasteiger partial charge in [0.1, 0.15) is 11.5 Å². The molecule has 0 saturated carbocycles. The van der Waals surface area contributed by atoms with Crippen molar-refractivity contribution in [3.63, 3.8) is 0 Å². The molecule has 0 aromatic heterocycles. The van der Waals surface area contributed by atoms with Crippen LogP contribution < -0.4 is 19.7 Å². The van der Waals surface area contributed by atoms with Gasteiger partial charge in [0, 0.05) is 24.4 Å². The van der Waals surface area contributed by atoms with Crippen molar-refractivity contribution in [1.29, 1.82) is 0 Å². The van der Waals surface area contributed by atoms with Crippen LogP contribution in [0, 0.1) is 0 Å². The second-order valence-electron chi connectivity index (χ2n) is 5.89. The smallest absolute Gasteiger partial charge is 0.243 e. The Labute approximate surface area is 152 Å². The molecule has 1 amide bonds. The van der Waals surface area contributed by atoms with Gasteiger partial charge in [0.2, 0.25) is 5.91 Å². The minimum Gasteiger partial charge on any atom is -0.495 e. The second kappa shape index (κ2) is 7.66. The zero-order chi connectivity index (χ0) is 17.8. The van der Waals surface area contributed by atoms with Gasteiger partial charge in [-0.1, -0.05) is 29.8 Å². The van der Waals surface area contributed by atoms with E-state index in [2.05, 4.69) is 22.3 Å². The molecular formula is C19H21ClN2O3. The van der Waals surface area contributed by atoms with Crippen LogP contribution in [-0.4, -0.2) is 33.2 Å². The van der Waals surface area contributed by atoms with Crippen LogP contribution in [0.3, 0.4) is 0 Å². The van der Waals surface area contributed by atoms with E-state index in [1.54, 1.807) is 12.1 Å². The Morgan fingerprint density at radius 3 is 2.72 bits per heavy atom. The molecule has 25 heavy (non-hydrogen) atoms. The molecule has 0 saturated heterocycles. The number of amides is 1. The standard InChI is InChI=1S/C19H21ClN2O3/c1-24-17-11-15(18(25-2)10-14(17)20)21-19(23)12-22-9-5-7-13-6-3-4-8-16(13)22/h3-4,6,8,10-11H,5,7,9,12H2,1-2H3,(H,21,23). The third-order valence-electron chi connectivity index (χ3n) is 4.29.